The Morgan fingerprint density at radius 1 is 1.21 bits per heavy atom. The number of ether oxygens (including phenoxy) is 2. The second-order valence-electron chi connectivity index (χ2n) is 5.51. The molecule has 2 atom stereocenters. The number of aliphatic hydroxyl groups is 1. The van der Waals surface area contributed by atoms with E-state index in [1.54, 1.807) is 0 Å². The van der Waals surface area contributed by atoms with Crippen molar-refractivity contribution in [2.24, 2.45) is 11.8 Å². The molecule has 1 aromatic rings. The first-order valence-corrected chi connectivity index (χ1v) is 7.73. The van der Waals surface area contributed by atoms with E-state index in [-0.39, 0.29) is 0 Å². The molecule has 1 aliphatic carbocycles. The number of benzene rings is 1. The Labute approximate surface area is 122 Å². The quantitative estimate of drug-likeness (QED) is 0.920. The third kappa shape index (κ3) is 2.75. The average Bonchev–Trinajstić information content (AvgIpc) is 3.23. The van der Waals surface area contributed by atoms with Crippen molar-refractivity contribution in [3.8, 4) is 11.5 Å². The number of aliphatic hydroxyl groups excluding tert-OH is 1. The predicted octanol–water partition coefficient (Wildman–Crippen LogP) is 3.69. The van der Waals surface area contributed by atoms with Gasteiger partial charge in [0.05, 0.1) is 19.3 Å². The Kier molecular flexibility index (Phi) is 3.72. The fourth-order valence-electron chi connectivity index (χ4n) is 2.59. The van der Waals surface area contributed by atoms with Gasteiger partial charge in [0.25, 0.3) is 0 Å². The van der Waals surface area contributed by atoms with Crippen LogP contribution in [0, 0.1) is 11.8 Å². The SMILES string of the molecule is CC(C1CC1)C(O)c1cc2c(cc1Br)OCCCO2. The van der Waals surface area contributed by atoms with E-state index in [4.69, 9.17) is 9.47 Å². The van der Waals surface area contributed by atoms with E-state index < -0.39 is 6.10 Å². The highest BCUT2D eigenvalue weighted by Crippen LogP contribution is 2.46. The van der Waals surface area contributed by atoms with Gasteiger partial charge < -0.3 is 14.6 Å². The minimum absolute atomic E-state index is 0.293. The molecule has 1 aromatic carbocycles. The lowest BCUT2D eigenvalue weighted by Crippen LogP contribution is -2.12. The molecule has 1 heterocycles. The molecule has 0 radical (unpaired) electrons. The van der Waals surface area contributed by atoms with Gasteiger partial charge in [-0.1, -0.05) is 22.9 Å². The Hall–Kier alpha value is -0.740. The van der Waals surface area contributed by atoms with Crippen LogP contribution in [-0.2, 0) is 0 Å². The summed E-state index contributed by atoms with van der Waals surface area (Å²) >= 11 is 3.54. The van der Waals surface area contributed by atoms with Crippen LogP contribution in [0.1, 0.15) is 37.9 Å². The van der Waals surface area contributed by atoms with Crippen molar-refractivity contribution >= 4 is 15.9 Å². The summed E-state index contributed by atoms with van der Waals surface area (Å²) < 4.78 is 12.2. The number of fused-ring (bicyclic) bond motifs is 1. The first-order chi connectivity index (χ1) is 9.16. The van der Waals surface area contributed by atoms with Crippen LogP contribution in [0.3, 0.4) is 0 Å². The molecule has 3 rings (SSSR count). The molecule has 0 amide bonds. The number of halogens is 1. The summed E-state index contributed by atoms with van der Waals surface area (Å²) in [6.45, 7) is 3.47. The molecule has 0 bridgehead atoms. The molecule has 104 valence electrons. The molecule has 1 aliphatic heterocycles. The zero-order valence-corrected chi connectivity index (χ0v) is 12.6. The normalized spacial score (nSPS) is 21.6. The lowest BCUT2D eigenvalue weighted by Gasteiger charge is -2.21. The number of hydrogen-bond donors (Lipinski definition) is 1. The Bertz CT molecular complexity index is 471. The summed E-state index contributed by atoms with van der Waals surface area (Å²) in [6, 6.07) is 3.84. The second-order valence-corrected chi connectivity index (χ2v) is 6.37. The molecule has 1 N–H and O–H groups in total. The van der Waals surface area contributed by atoms with Crippen molar-refractivity contribution in [3.05, 3.63) is 22.2 Å². The minimum atomic E-state index is -0.445. The van der Waals surface area contributed by atoms with E-state index >= 15 is 0 Å². The van der Waals surface area contributed by atoms with Gasteiger partial charge in [0.2, 0.25) is 0 Å². The molecule has 1 saturated carbocycles. The third-order valence-electron chi connectivity index (χ3n) is 4.05. The zero-order valence-electron chi connectivity index (χ0n) is 11.1. The maximum atomic E-state index is 10.5. The van der Waals surface area contributed by atoms with E-state index in [1.165, 1.54) is 12.8 Å². The van der Waals surface area contributed by atoms with Gasteiger partial charge in [-0.3, -0.25) is 0 Å². The van der Waals surface area contributed by atoms with Crippen molar-refractivity contribution < 1.29 is 14.6 Å². The highest BCUT2D eigenvalue weighted by molar-refractivity contribution is 9.10. The van der Waals surface area contributed by atoms with Gasteiger partial charge in [-0.25, -0.2) is 0 Å². The molecule has 3 nitrogen and oxygen atoms in total. The fraction of sp³-hybridized carbons (Fsp3) is 0.600. The second kappa shape index (κ2) is 5.33. The van der Waals surface area contributed by atoms with Crippen LogP contribution >= 0.6 is 15.9 Å². The van der Waals surface area contributed by atoms with E-state index in [9.17, 15) is 5.11 Å². The summed E-state index contributed by atoms with van der Waals surface area (Å²) in [5, 5.41) is 10.5. The largest absolute Gasteiger partial charge is 0.490 e. The van der Waals surface area contributed by atoms with Crippen LogP contribution in [0.4, 0.5) is 0 Å². The highest BCUT2D eigenvalue weighted by Gasteiger charge is 2.34. The van der Waals surface area contributed by atoms with Crippen molar-refractivity contribution in [1.29, 1.82) is 0 Å². The van der Waals surface area contributed by atoms with Gasteiger partial charge in [0, 0.05) is 10.9 Å². The Morgan fingerprint density at radius 2 is 1.84 bits per heavy atom. The monoisotopic (exact) mass is 326 g/mol. The topological polar surface area (TPSA) is 38.7 Å². The summed E-state index contributed by atoms with van der Waals surface area (Å²) in [5.74, 6) is 2.47. The van der Waals surface area contributed by atoms with Crippen LogP contribution in [-0.4, -0.2) is 18.3 Å². The van der Waals surface area contributed by atoms with Gasteiger partial charge in [-0.05, 0) is 42.4 Å². The predicted molar refractivity (Wildman–Crippen MR) is 76.6 cm³/mol. The average molecular weight is 327 g/mol. The highest BCUT2D eigenvalue weighted by atomic mass is 79.9. The lowest BCUT2D eigenvalue weighted by molar-refractivity contribution is 0.105. The Balaban J connectivity index is 1.90. The standard InChI is InChI=1S/C15H19BrO3/c1-9(10-3-4-10)15(17)11-7-13-14(8-12(11)16)19-6-2-5-18-13/h7-10,15,17H,2-6H2,1H3. The van der Waals surface area contributed by atoms with E-state index in [2.05, 4.69) is 22.9 Å². The maximum absolute atomic E-state index is 10.5. The summed E-state index contributed by atoms with van der Waals surface area (Å²) in [6.07, 6.45) is 2.92. The van der Waals surface area contributed by atoms with Crippen LogP contribution < -0.4 is 9.47 Å². The molecule has 0 aromatic heterocycles. The Morgan fingerprint density at radius 3 is 2.47 bits per heavy atom. The van der Waals surface area contributed by atoms with Gasteiger partial charge in [0.15, 0.2) is 11.5 Å². The van der Waals surface area contributed by atoms with E-state index in [0.717, 1.165) is 28.0 Å². The third-order valence-corrected chi connectivity index (χ3v) is 4.74. The molecule has 4 heteroatoms. The molecule has 0 spiro atoms. The van der Waals surface area contributed by atoms with Crippen molar-refractivity contribution in [3.63, 3.8) is 0 Å². The van der Waals surface area contributed by atoms with Crippen molar-refractivity contribution in [2.75, 3.05) is 13.2 Å². The molecule has 0 saturated heterocycles. The molecular formula is C15H19BrO3. The summed E-state index contributed by atoms with van der Waals surface area (Å²) in [7, 11) is 0. The van der Waals surface area contributed by atoms with Crippen LogP contribution in [0.15, 0.2) is 16.6 Å². The smallest absolute Gasteiger partial charge is 0.162 e. The lowest BCUT2D eigenvalue weighted by atomic mass is 9.93. The molecule has 19 heavy (non-hydrogen) atoms. The summed E-state index contributed by atoms with van der Waals surface area (Å²) in [5.41, 5.74) is 0.906. The number of hydrogen-bond acceptors (Lipinski definition) is 3. The maximum Gasteiger partial charge on any atom is 0.162 e. The van der Waals surface area contributed by atoms with Gasteiger partial charge in [-0.2, -0.15) is 0 Å². The van der Waals surface area contributed by atoms with E-state index in [1.807, 2.05) is 12.1 Å². The van der Waals surface area contributed by atoms with Crippen LogP contribution in [0.25, 0.3) is 0 Å². The summed E-state index contributed by atoms with van der Waals surface area (Å²) in [4.78, 5) is 0. The van der Waals surface area contributed by atoms with Gasteiger partial charge >= 0.3 is 0 Å². The van der Waals surface area contributed by atoms with Crippen molar-refractivity contribution in [1.82, 2.24) is 0 Å². The molecule has 1 fully saturated rings. The first-order valence-electron chi connectivity index (χ1n) is 6.94. The first kappa shape index (κ1) is 13.3. The molecule has 2 aliphatic rings. The zero-order chi connectivity index (χ0) is 13.4. The van der Waals surface area contributed by atoms with Gasteiger partial charge in [0.1, 0.15) is 0 Å². The van der Waals surface area contributed by atoms with E-state index in [0.29, 0.717) is 25.0 Å². The minimum Gasteiger partial charge on any atom is -0.490 e. The number of rotatable bonds is 3. The van der Waals surface area contributed by atoms with Crippen LogP contribution in [0.2, 0.25) is 0 Å². The fourth-order valence-corrected chi connectivity index (χ4v) is 3.15. The van der Waals surface area contributed by atoms with Crippen molar-refractivity contribution in [2.45, 2.75) is 32.3 Å². The van der Waals surface area contributed by atoms with Gasteiger partial charge in [-0.15, -0.1) is 0 Å². The van der Waals surface area contributed by atoms with Crippen LogP contribution in [0.5, 0.6) is 11.5 Å². The molecule has 2 unspecified atom stereocenters. The molecular weight excluding hydrogens is 308 g/mol.